The first-order valence-corrected chi connectivity index (χ1v) is 12.9. The smallest absolute Gasteiger partial charge is 0.188 e. The molecule has 0 bridgehead atoms. The molecule has 2 aromatic rings. The van der Waals surface area contributed by atoms with E-state index in [0.29, 0.717) is 5.02 Å². The summed E-state index contributed by atoms with van der Waals surface area (Å²) in [7, 11) is -7.62. The topological polar surface area (TPSA) is 68.3 Å². The number of sulfone groups is 2. The normalized spacial score (nSPS) is 25.7. The summed E-state index contributed by atoms with van der Waals surface area (Å²) in [6, 6.07) is 8.21. The van der Waals surface area contributed by atoms with Gasteiger partial charge in [0.15, 0.2) is 9.84 Å². The highest BCUT2D eigenvalue weighted by molar-refractivity contribution is 7.92. The lowest BCUT2D eigenvalue weighted by Gasteiger charge is -2.44. The second kappa shape index (κ2) is 7.63. The summed E-state index contributed by atoms with van der Waals surface area (Å²) >= 11 is 5.87. The van der Waals surface area contributed by atoms with E-state index in [1.807, 2.05) is 0 Å². The third-order valence-corrected chi connectivity index (χ3v) is 10.4. The Kier molecular flexibility index (Phi) is 5.84. The Hall–Kier alpha value is -1.51. The molecule has 29 heavy (non-hydrogen) atoms. The van der Waals surface area contributed by atoms with Gasteiger partial charge in [-0.05, 0) is 67.6 Å². The van der Waals surface area contributed by atoms with Crippen molar-refractivity contribution in [3.8, 4) is 0 Å². The molecule has 2 aromatic carbocycles. The quantitative estimate of drug-likeness (QED) is 0.669. The van der Waals surface area contributed by atoms with Crippen LogP contribution in [0.4, 0.5) is 8.78 Å². The third-order valence-electron chi connectivity index (χ3n) is 5.84. The molecular formula is C20H21ClF2O4S2. The van der Waals surface area contributed by atoms with Crippen molar-refractivity contribution in [3.05, 3.63) is 64.7 Å². The fourth-order valence-corrected chi connectivity index (χ4v) is 7.99. The predicted octanol–water partition coefficient (Wildman–Crippen LogP) is 4.52. The molecule has 0 aliphatic heterocycles. The minimum absolute atomic E-state index is 0.0294. The van der Waals surface area contributed by atoms with Crippen LogP contribution in [0.5, 0.6) is 0 Å². The summed E-state index contributed by atoms with van der Waals surface area (Å²) < 4.78 is 78.7. The third kappa shape index (κ3) is 3.82. The highest BCUT2D eigenvalue weighted by Gasteiger charge is 2.55. The van der Waals surface area contributed by atoms with Crippen molar-refractivity contribution in [1.82, 2.24) is 0 Å². The molecule has 0 aromatic heterocycles. The highest BCUT2D eigenvalue weighted by Crippen LogP contribution is 2.52. The Morgan fingerprint density at radius 3 is 2.21 bits per heavy atom. The highest BCUT2D eigenvalue weighted by atomic mass is 35.5. The maximum Gasteiger partial charge on any atom is 0.188 e. The molecule has 158 valence electrons. The largest absolute Gasteiger partial charge is 0.229 e. The Labute approximate surface area is 174 Å². The summed E-state index contributed by atoms with van der Waals surface area (Å²) in [5, 5.41) is -0.397. The second-order valence-electron chi connectivity index (χ2n) is 7.60. The van der Waals surface area contributed by atoms with Crippen molar-refractivity contribution < 1.29 is 25.6 Å². The average Bonchev–Trinajstić information content (AvgIpc) is 2.63. The van der Waals surface area contributed by atoms with Gasteiger partial charge in [-0.3, -0.25) is 0 Å². The minimum atomic E-state index is -4.21. The van der Waals surface area contributed by atoms with Gasteiger partial charge in [-0.2, -0.15) is 0 Å². The van der Waals surface area contributed by atoms with E-state index in [9.17, 15) is 25.6 Å². The summed E-state index contributed by atoms with van der Waals surface area (Å²) in [4.78, 5) is -0.0739. The molecule has 0 saturated heterocycles. The van der Waals surface area contributed by atoms with Crippen LogP contribution in [-0.4, -0.2) is 28.3 Å². The van der Waals surface area contributed by atoms with Crippen molar-refractivity contribution in [2.24, 2.45) is 5.92 Å². The standard InChI is InChI=1S/C20H21ClF2O4S2/c1-13-11-17(28(2,24)25)9-10-20(13,18-12-15(22)5-8-19(18)23)29(26,27)16-6-3-14(21)4-7-16/h3-8,12-13,17H,9-11H2,1-2H3. The van der Waals surface area contributed by atoms with Crippen molar-refractivity contribution in [2.75, 3.05) is 6.26 Å². The number of benzene rings is 2. The Morgan fingerprint density at radius 1 is 1.03 bits per heavy atom. The van der Waals surface area contributed by atoms with Gasteiger partial charge in [-0.15, -0.1) is 0 Å². The van der Waals surface area contributed by atoms with Gasteiger partial charge < -0.3 is 0 Å². The van der Waals surface area contributed by atoms with Crippen molar-refractivity contribution in [1.29, 1.82) is 0 Å². The van der Waals surface area contributed by atoms with Gasteiger partial charge in [0.2, 0.25) is 0 Å². The van der Waals surface area contributed by atoms with Crippen LogP contribution in [0.2, 0.25) is 5.02 Å². The molecule has 0 heterocycles. The molecule has 9 heteroatoms. The Bertz CT molecular complexity index is 1130. The first-order valence-electron chi connectivity index (χ1n) is 9.04. The lowest BCUT2D eigenvalue weighted by atomic mass is 9.75. The predicted molar refractivity (Wildman–Crippen MR) is 108 cm³/mol. The van der Waals surface area contributed by atoms with Crippen LogP contribution >= 0.6 is 11.6 Å². The van der Waals surface area contributed by atoms with Gasteiger partial charge in [-0.25, -0.2) is 25.6 Å². The molecule has 0 N–H and O–H groups in total. The van der Waals surface area contributed by atoms with Crippen LogP contribution in [-0.2, 0) is 24.4 Å². The number of rotatable bonds is 4. The Balaban J connectivity index is 2.26. The van der Waals surface area contributed by atoms with Gasteiger partial charge in [-0.1, -0.05) is 18.5 Å². The van der Waals surface area contributed by atoms with E-state index in [0.717, 1.165) is 24.5 Å². The van der Waals surface area contributed by atoms with Crippen LogP contribution in [0.15, 0.2) is 47.4 Å². The molecular weight excluding hydrogens is 442 g/mol. The van der Waals surface area contributed by atoms with E-state index in [1.54, 1.807) is 6.92 Å². The number of halogens is 3. The average molecular weight is 463 g/mol. The molecule has 4 nitrogen and oxygen atoms in total. The zero-order chi connectivity index (χ0) is 21.6. The zero-order valence-electron chi connectivity index (χ0n) is 15.9. The minimum Gasteiger partial charge on any atom is -0.229 e. The molecule has 1 aliphatic carbocycles. The Morgan fingerprint density at radius 2 is 1.66 bits per heavy atom. The second-order valence-corrected chi connectivity index (χ2v) is 12.6. The van der Waals surface area contributed by atoms with Crippen LogP contribution in [0.3, 0.4) is 0 Å². The molecule has 0 amide bonds. The summed E-state index contributed by atoms with van der Waals surface area (Å²) in [5.74, 6) is -2.37. The molecule has 0 spiro atoms. The fourth-order valence-electron chi connectivity index (χ4n) is 4.30. The SMILES string of the molecule is CC1CC(S(C)(=O)=O)CCC1(c1cc(F)ccc1F)S(=O)(=O)c1ccc(Cl)cc1. The number of hydrogen-bond acceptors (Lipinski definition) is 4. The van der Waals surface area contributed by atoms with E-state index in [1.165, 1.54) is 24.3 Å². The summed E-state index contributed by atoms with van der Waals surface area (Å²) in [6.07, 6.45) is 1.03. The molecule has 3 atom stereocenters. The molecule has 3 rings (SSSR count). The van der Waals surface area contributed by atoms with E-state index < -0.39 is 47.2 Å². The molecule has 1 fully saturated rings. The van der Waals surface area contributed by atoms with E-state index in [4.69, 9.17) is 11.6 Å². The van der Waals surface area contributed by atoms with Crippen LogP contribution < -0.4 is 0 Å². The van der Waals surface area contributed by atoms with Gasteiger partial charge in [0.05, 0.1) is 10.1 Å². The fraction of sp³-hybridized carbons (Fsp3) is 0.400. The molecule has 0 radical (unpaired) electrons. The van der Waals surface area contributed by atoms with Crippen molar-refractivity contribution >= 4 is 31.3 Å². The lowest BCUT2D eigenvalue weighted by Crippen LogP contribution is -2.48. The van der Waals surface area contributed by atoms with E-state index in [2.05, 4.69) is 0 Å². The lowest BCUT2D eigenvalue weighted by molar-refractivity contribution is 0.274. The summed E-state index contributed by atoms with van der Waals surface area (Å²) in [5.41, 5.74) is -0.271. The maximum absolute atomic E-state index is 14.8. The first kappa shape index (κ1) is 22.2. The van der Waals surface area contributed by atoms with Gasteiger partial charge in [0.1, 0.15) is 26.2 Å². The zero-order valence-corrected chi connectivity index (χ0v) is 18.3. The first-order chi connectivity index (χ1) is 13.4. The van der Waals surface area contributed by atoms with Crippen LogP contribution in [0.25, 0.3) is 0 Å². The van der Waals surface area contributed by atoms with Crippen LogP contribution in [0, 0.1) is 17.6 Å². The van der Waals surface area contributed by atoms with Crippen molar-refractivity contribution in [3.63, 3.8) is 0 Å². The van der Waals surface area contributed by atoms with Crippen LogP contribution in [0.1, 0.15) is 31.7 Å². The number of hydrogen-bond donors (Lipinski definition) is 0. The summed E-state index contributed by atoms with van der Waals surface area (Å²) in [6.45, 7) is 1.58. The van der Waals surface area contributed by atoms with E-state index >= 15 is 0 Å². The molecule has 3 unspecified atom stereocenters. The van der Waals surface area contributed by atoms with E-state index in [-0.39, 0.29) is 29.7 Å². The van der Waals surface area contributed by atoms with Gasteiger partial charge >= 0.3 is 0 Å². The monoisotopic (exact) mass is 462 g/mol. The van der Waals surface area contributed by atoms with Gasteiger partial charge in [0.25, 0.3) is 0 Å². The van der Waals surface area contributed by atoms with Crippen molar-refractivity contribution in [2.45, 2.75) is 41.1 Å². The molecule has 1 saturated carbocycles. The maximum atomic E-state index is 14.8. The molecule has 1 aliphatic rings. The van der Waals surface area contributed by atoms with Gasteiger partial charge in [0, 0.05) is 16.8 Å².